The van der Waals surface area contributed by atoms with Crippen LogP contribution in [0.3, 0.4) is 0 Å². The van der Waals surface area contributed by atoms with Crippen LogP contribution in [-0.2, 0) is 7.05 Å². The van der Waals surface area contributed by atoms with E-state index in [1.807, 2.05) is 40.0 Å². The fraction of sp³-hybridized carbons (Fsp3) is 0.250. The van der Waals surface area contributed by atoms with E-state index in [4.69, 9.17) is 4.98 Å². The van der Waals surface area contributed by atoms with Gasteiger partial charge in [-0.15, -0.1) is 0 Å². The predicted octanol–water partition coefficient (Wildman–Crippen LogP) is 4.35. The number of benzene rings is 1. The molecule has 5 nitrogen and oxygen atoms in total. The van der Waals surface area contributed by atoms with E-state index in [0.717, 1.165) is 22.2 Å². The molecule has 126 valence electrons. The molecule has 0 aliphatic heterocycles. The monoisotopic (exact) mass is 332 g/mol. The summed E-state index contributed by atoms with van der Waals surface area (Å²) in [7, 11) is 2.02. The van der Waals surface area contributed by atoms with Crippen molar-refractivity contribution < 1.29 is 4.79 Å². The highest BCUT2D eigenvalue weighted by atomic mass is 16.1. The second kappa shape index (κ2) is 5.28. The fourth-order valence-electron chi connectivity index (χ4n) is 3.14. The Morgan fingerprint density at radius 1 is 1.20 bits per heavy atom. The van der Waals surface area contributed by atoms with Gasteiger partial charge >= 0.3 is 0 Å². The lowest BCUT2D eigenvalue weighted by atomic mass is 9.87. The first kappa shape index (κ1) is 15.6. The second-order valence-corrected chi connectivity index (χ2v) is 7.40. The van der Waals surface area contributed by atoms with Crippen LogP contribution in [0.4, 0.5) is 0 Å². The average Bonchev–Trinajstić information content (AvgIpc) is 3.14. The number of carbonyl (C=O) groups is 1. The number of Topliss-reactive ketones (excluding diaryl/α,β-unsaturated/α-hetero) is 1. The van der Waals surface area contributed by atoms with E-state index in [2.05, 4.69) is 32.9 Å². The molecule has 0 saturated heterocycles. The number of aromatic amines is 1. The van der Waals surface area contributed by atoms with E-state index >= 15 is 0 Å². The predicted molar refractivity (Wildman–Crippen MR) is 99.6 cm³/mol. The minimum absolute atomic E-state index is 0.0584. The van der Waals surface area contributed by atoms with Crippen LogP contribution >= 0.6 is 0 Å². The van der Waals surface area contributed by atoms with Gasteiger partial charge in [-0.05, 0) is 6.07 Å². The molecule has 4 rings (SSSR count). The van der Waals surface area contributed by atoms with Crippen molar-refractivity contribution in [3.63, 3.8) is 0 Å². The Morgan fingerprint density at radius 2 is 1.96 bits per heavy atom. The van der Waals surface area contributed by atoms with Gasteiger partial charge in [-0.3, -0.25) is 4.79 Å². The van der Waals surface area contributed by atoms with Crippen LogP contribution < -0.4 is 0 Å². The number of aromatic nitrogens is 4. The van der Waals surface area contributed by atoms with E-state index in [-0.39, 0.29) is 5.78 Å². The lowest BCUT2D eigenvalue weighted by Crippen LogP contribution is -2.20. The normalized spacial score (nSPS) is 12.2. The van der Waals surface area contributed by atoms with Crippen molar-refractivity contribution in [3.8, 4) is 11.3 Å². The van der Waals surface area contributed by atoms with Crippen molar-refractivity contribution >= 4 is 27.9 Å². The number of fused-ring (bicyclic) bond motifs is 2. The number of aryl methyl sites for hydroxylation is 1. The maximum Gasteiger partial charge on any atom is 0.171 e. The number of ketones is 1. The molecule has 3 aromatic heterocycles. The molecule has 0 unspecified atom stereocenters. The van der Waals surface area contributed by atoms with E-state index < -0.39 is 5.41 Å². The number of hydrogen-bond donors (Lipinski definition) is 1. The van der Waals surface area contributed by atoms with Gasteiger partial charge in [0.25, 0.3) is 0 Å². The van der Waals surface area contributed by atoms with Gasteiger partial charge in [0.2, 0.25) is 0 Å². The van der Waals surface area contributed by atoms with Crippen LogP contribution in [0.25, 0.3) is 33.3 Å². The fourth-order valence-corrected chi connectivity index (χ4v) is 3.14. The van der Waals surface area contributed by atoms with Crippen molar-refractivity contribution in [3.05, 3.63) is 48.4 Å². The molecule has 0 spiro atoms. The number of carbonyl (C=O) groups excluding carboxylic acids is 1. The third-order valence-corrected chi connectivity index (χ3v) is 4.48. The quantitative estimate of drug-likeness (QED) is 0.555. The molecule has 4 aromatic rings. The topological polar surface area (TPSA) is 63.6 Å². The van der Waals surface area contributed by atoms with Crippen LogP contribution in [0.15, 0.2) is 42.9 Å². The smallest absolute Gasteiger partial charge is 0.171 e. The van der Waals surface area contributed by atoms with E-state index in [9.17, 15) is 4.79 Å². The number of rotatable bonds is 2. The van der Waals surface area contributed by atoms with Crippen LogP contribution in [0.1, 0.15) is 31.1 Å². The minimum atomic E-state index is -0.466. The van der Waals surface area contributed by atoms with Crippen molar-refractivity contribution in [1.29, 1.82) is 0 Å². The summed E-state index contributed by atoms with van der Waals surface area (Å²) in [6.45, 7) is 5.74. The Morgan fingerprint density at radius 3 is 2.72 bits per heavy atom. The molecule has 0 aliphatic carbocycles. The molecule has 3 heterocycles. The first-order chi connectivity index (χ1) is 11.9. The van der Waals surface area contributed by atoms with Crippen LogP contribution in [0.5, 0.6) is 0 Å². The first-order valence-corrected chi connectivity index (χ1v) is 8.29. The largest absolute Gasteiger partial charge is 0.350 e. The Hall–Kier alpha value is -2.95. The van der Waals surface area contributed by atoms with Crippen LogP contribution in [0.2, 0.25) is 0 Å². The second-order valence-electron chi connectivity index (χ2n) is 7.40. The van der Waals surface area contributed by atoms with E-state index in [0.29, 0.717) is 16.7 Å². The van der Waals surface area contributed by atoms with Crippen LogP contribution in [0, 0.1) is 5.41 Å². The van der Waals surface area contributed by atoms with Gasteiger partial charge < -0.3 is 9.55 Å². The van der Waals surface area contributed by atoms with Crippen molar-refractivity contribution in [2.24, 2.45) is 12.5 Å². The van der Waals surface area contributed by atoms with E-state index in [1.54, 1.807) is 12.4 Å². The number of nitrogens with one attached hydrogen (secondary N) is 1. The highest BCUT2D eigenvalue weighted by Gasteiger charge is 2.26. The van der Waals surface area contributed by atoms with Gasteiger partial charge in [0.15, 0.2) is 11.4 Å². The van der Waals surface area contributed by atoms with Gasteiger partial charge in [0.1, 0.15) is 5.52 Å². The summed E-state index contributed by atoms with van der Waals surface area (Å²) in [5, 5.41) is 1.12. The summed E-state index contributed by atoms with van der Waals surface area (Å²) in [5.41, 5.74) is 4.32. The molecule has 0 bridgehead atoms. The van der Waals surface area contributed by atoms with Crippen LogP contribution in [-0.4, -0.2) is 25.3 Å². The van der Waals surface area contributed by atoms with Gasteiger partial charge in [-0.1, -0.05) is 39.0 Å². The van der Waals surface area contributed by atoms with Gasteiger partial charge in [-0.25, -0.2) is 9.97 Å². The molecular formula is C20H20N4O. The lowest BCUT2D eigenvalue weighted by Gasteiger charge is -2.15. The third-order valence-electron chi connectivity index (χ3n) is 4.48. The molecule has 0 aliphatic rings. The van der Waals surface area contributed by atoms with Crippen molar-refractivity contribution in [1.82, 2.24) is 19.5 Å². The highest BCUT2D eigenvalue weighted by molar-refractivity contribution is 6.08. The maximum atomic E-state index is 12.7. The first-order valence-electron chi connectivity index (χ1n) is 8.29. The zero-order chi connectivity index (χ0) is 17.8. The summed E-state index contributed by atoms with van der Waals surface area (Å²) >= 11 is 0. The van der Waals surface area contributed by atoms with Gasteiger partial charge in [0.05, 0.1) is 17.5 Å². The SMILES string of the molecule is Cn1cc(-c2cnc3[nH]cc(C(=O)C(C)(C)C)c3n2)c2ccccc21. The number of H-pyrrole nitrogens is 1. The van der Waals surface area contributed by atoms with Crippen molar-refractivity contribution in [2.75, 3.05) is 0 Å². The standard InChI is InChI=1S/C20H20N4O/c1-20(2,3)18(25)13-9-21-19-17(13)23-15(10-22-19)14-11-24(4)16-8-6-5-7-12(14)16/h5-11H,1-4H3,(H,21,22). The van der Waals surface area contributed by atoms with Crippen molar-refractivity contribution in [2.45, 2.75) is 20.8 Å². The Balaban J connectivity index is 1.93. The Labute approximate surface area is 145 Å². The van der Waals surface area contributed by atoms with Gasteiger partial charge in [-0.2, -0.15) is 0 Å². The molecule has 0 amide bonds. The molecule has 25 heavy (non-hydrogen) atoms. The zero-order valence-corrected chi connectivity index (χ0v) is 14.8. The molecular weight excluding hydrogens is 312 g/mol. The molecule has 1 aromatic carbocycles. The Bertz CT molecular complexity index is 1110. The molecule has 0 fully saturated rings. The summed E-state index contributed by atoms with van der Waals surface area (Å²) in [5.74, 6) is 0.0584. The minimum Gasteiger partial charge on any atom is -0.350 e. The maximum absolute atomic E-state index is 12.7. The Kier molecular flexibility index (Phi) is 3.29. The molecule has 1 N–H and O–H groups in total. The molecule has 0 radical (unpaired) electrons. The summed E-state index contributed by atoms with van der Waals surface area (Å²) in [4.78, 5) is 25.0. The lowest BCUT2D eigenvalue weighted by molar-refractivity contribution is 0.0860. The van der Waals surface area contributed by atoms with Gasteiger partial charge in [0, 0.05) is 41.3 Å². The third kappa shape index (κ3) is 2.43. The number of hydrogen-bond acceptors (Lipinski definition) is 3. The highest BCUT2D eigenvalue weighted by Crippen LogP contribution is 2.31. The van der Waals surface area contributed by atoms with E-state index in [1.165, 1.54) is 0 Å². The summed E-state index contributed by atoms with van der Waals surface area (Å²) in [6, 6.07) is 8.19. The molecule has 0 saturated carbocycles. The molecule has 0 atom stereocenters. The molecule has 5 heteroatoms. The average molecular weight is 332 g/mol. The number of nitrogens with zero attached hydrogens (tertiary/aromatic N) is 3. The summed E-state index contributed by atoms with van der Waals surface area (Å²) in [6.07, 6.45) is 5.52. The number of para-hydroxylation sites is 1. The zero-order valence-electron chi connectivity index (χ0n) is 14.8. The summed E-state index contributed by atoms with van der Waals surface area (Å²) < 4.78 is 2.08.